The van der Waals surface area contributed by atoms with Gasteiger partial charge in [0.25, 0.3) is 0 Å². The van der Waals surface area contributed by atoms with Gasteiger partial charge in [0.1, 0.15) is 5.82 Å². The molecule has 1 aromatic carbocycles. The lowest BCUT2D eigenvalue weighted by Crippen LogP contribution is -2.61. The van der Waals surface area contributed by atoms with E-state index in [2.05, 4.69) is 5.32 Å². The molecule has 2 aliphatic carbocycles. The first kappa shape index (κ1) is 24.8. The molecule has 1 saturated heterocycles. The highest BCUT2D eigenvalue weighted by molar-refractivity contribution is 5.81. The van der Waals surface area contributed by atoms with Crippen molar-refractivity contribution in [3.63, 3.8) is 0 Å². The lowest BCUT2D eigenvalue weighted by atomic mass is 9.92. The molecule has 3 fully saturated rings. The molecule has 7 nitrogen and oxygen atoms in total. The third-order valence-corrected chi connectivity index (χ3v) is 7.95. The Morgan fingerprint density at radius 3 is 2.35 bits per heavy atom. The van der Waals surface area contributed by atoms with Crippen LogP contribution in [0.3, 0.4) is 0 Å². The molecule has 188 valence electrons. The number of carbonyl (C=O) groups is 2. The summed E-state index contributed by atoms with van der Waals surface area (Å²) in [5.74, 6) is -0.289. The first-order valence-electron chi connectivity index (χ1n) is 12.9. The van der Waals surface area contributed by atoms with Crippen molar-refractivity contribution in [2.45, 2.75) is 108 Å². The number of rotatable bonds is 6. The van der Waals surface area contributed by atoms with E-state index >= 15 is 0 Å². The summed E-state index contributed by atoms with van der Waals surface area (Å²) in [6, 6.07) is 5.88. The van der Waals surface area contributed by atoms with Crippen LogP contribution in [0.25, 0.3) is 0 Å². The summed E-state index contributed by atoms with van der Waals surface area (Å²) < 4.78 is 14.2. The van der Waals surface area contributed by atoms with Gasteiger partial charge in [0.2, 0.25) is 0 Å². The van der Waals surface area contributed by atoms with E-state index in [1.807, 2.05) is 13.8 Å². The van der Waals surface area contributed by atoms with Crippen molar-refractivity contribution >= 4 is 12.1 Å². The highest BCUT2D eigenvalue weighted by Crippen LogP contribution is 2.39. The molecular weight excluding hydrogens is 435 g/mol. The van der Waals surface area contributed by atoms with E-state index in [1.165, 1.54) is 12.5 Å². The zero-order chi connectivity index (χ0) is 24.3. The predicted molar refractivity (Wildman–Crippen MR) is 128 cm³/mol. The molecular formula is C26H39FN4O3. The fraction of sp³-hybridized carbons (Fsp3) is 0.692. The SMILES string of the molecule is CC1(C)[C@@H](N(O)C(=O)NC2CCCCC2)N(C2CCCCC2)C(=O)N1CCc1ccccc1F. The molecule has 0 unspecified atom stereocenters. The van der Waals surface area contributed by atoms with Crippen LogP contribution in [0.4, 0.5) is 14.0 Å². The van der Waals surface area contributed by atoms with Crippen LogP contribution in [0.2, 0.25) is 0 Å². The normalized spacial score (nSPS) is 23.9. The highest BCUT2D eigenvalue weighted by Gasteiger charge is 2.57. The monoisotopic (exact) mass is 474 g/mol. The minimum absolute atomic E-state index is 0.0267. The Kier molecular flexibility index (Phi) is 7.65. The maximum absolute atomic E-state index is 14.2. The van der Waals surface area contributed by atoms with Gasteiger partial charge in [0.05, 0.1) is 5.54 Å². The molecule has 0 radical (unpaired) electrons. The molecule has 3 aliphatic rings. The van der Waals surface area contributed by atoms with Gasteiger partial charge >= 0.3 is 12.1 Å². The van der Waals surface area contributed by atoms with Crippen LogP contribution >= 0.6 is 0 Å². The molecule has 1 heterocycles. The lowest BCUT2D eigenvalue weighted by molar-refractivity contribution is -0.141. The van der Waals surface area contributed by atoms with E-state index in [4.69, 9.17) is 0 Å². The van der Waals surface area contributed by atoms with Crippen LogP contribution < -0.4 is 5.32 Å². The van der Waals surface area contributed by atoms with E-state index in [0.717, 1.165) is 62.9 Å². The average molecular weight is 475 g/mol. The fourth-order valence-corrected chi connectivity index (χ4v) is 6.02. The van der Waals surface area contributed by atoms with E-state index in [1.54, 1.807) is 28.0 Å². The van der Waals surface area contributed by atoms with Gasteiger partial charge in [-0.15, -0.1) is 0 Å². The second kappa shape index (κ2) is 10.5. The summed E-state index contributed by atoms with van der Waals surface area (Å²) in [6.07, 6.45) is 9.59. The second-order valence-electron chi connectivity index (χ2n) is 10.6. The highest BCUT2D eigenvalue weighted by atomic mass is 19.1. The van der Waals surface area contributed by atoms with E-state index < -0.39 is 17.7 Å². The molecule has 4 rings (SSSR count). The van der Waals surface area contributed by atoms with Crippen LogP contribution in [0.15, 0.2) is 24.3 Å². The Morgan fingerprint density at radius 2 is 1.71 bits per heavy atom. The largest absolute Gasteiger partial charge is 0.343 e. The molecule has 2 saturated carbocycles. The molecule has 0 spiro atoms. The fourth-order valence-electron chi connectivity index (χ4n) is 6.02. The number of nitrogens with one attached hydrogen (secondary N) is 1. The topological polar surface area (TPSA) is 76.1 Å². The smallest absolute Gasteiger partial charge is 0.333 e. The molecule has 1 atom stereocenters. The lowest BCUT2D eigenvalue weighted by Gasteiger charge is -2.41. The molecule has 1 aliphatic heterocycles. The van der Waals surface area contributed by atoms with Crippen LogP contribution in [-0.4, -0.2) is 62.5 Å². The molecule has 0 bridgehead atoms. The first-order chi connectivity index (χ1) is 16.3. The van der Waals surface area contributed by atoms with E-state index in [0.29, 0.717) is 18.5 Å². The van der Waals surface area contributed by atoms with Gasteiger partial charge in [-0.25, -0.2) is 14.0 Å². The van der Waals surface area contributed by atoms with Gasteiger partial charge in [0.15, 0.2) is 6.17 Å². The number of amides is 4. The number of benzene rings is 1. The summed E-state index contributed by atoms with van der Waals surface area (Å²) in [7, 11) is 0. The predicted octanol–water partition coefficient (Wildman–Crippen LogP) is 5.28. The third-order valence-electron chi connectivity index (χ3n) is 7.95. The Balaban J connectivity index is 1.56. The van der Waals surface area contributed by atoms with Crippen LogP contribution in [0.1, 0.15) is 83.6 Å². The Hall–Kier alpha value is -2.35. The number of hydroxylamine groups is 2. The molecule has 8 heteroatoms. The molecule has 2 N–H and O–H groups in total. The van der Waals surface area contributed by atoms with Gasteiger partial charge in [-0.05, 0) is 57.6 Å². The van der Waals surface area contributed by atoms with Gasteiger partial charge in [-0.2, -0.15) is 5.06 Å². The zero-order valence-corrected chi connectivity index (χ0v) is 20.5. The van der Waals surface area contributed by atoms with E-state index in [-0.39, 0.29) is 23.9 Å². The summed E-state index contributed by atoms with van der Waals surface area (Å²) in [6.45, 7) is 4.08. The van der Waals surface area contributed by atoms with Gasteiger partial charge < -0.3 is 10.2 Å². The number of nitrogens with zero attached hydrogens (tertiary/aromatic N) is 3. The van der Waals surface area contributed by atoms with Crippen molar-refractivity contribution in [2.24, 2.45) is 0 Å². The number of hydrogen-bond donors (Lipinski definition) is 2. The maximum Gasteiger partial charge on any atom is 0.343 e. The zero-order valence-electron chi connectivity index (χ0n) is 20.5. The quantitative estimate of drug-likeness (QED) is 0.435. The Labute approximate surface area is 202 Å². The summed E-state index contributed by atoms with van der Waals surface area (Å²) in [5.41, 5.74) is -0.298. The third kappa shape index (κ3) is 5.02. The van der Waals surface area contributed by atoms with Crippen LogP contribution in [0.5, 0.6) is 0 Å². The van der Waals surface area contributed by atoms with Crippen molar-refractivity contribution in [2.75, 3.05) is 6.54 Å². The van der Waals surface area contributed by atoms with Crippen molar-refractivity contribution in [3.8, 4) is 0 Å². The minimum Gasteiger partial charge on any atom is -0.333 e. The van der Waals surface area contributed by atoms with Crippen molar-refractivity contribution in [1.82, 2.24) is 20.2 Å². The summed E-state index contributed by atoms with van der Waals surface area (Å²) in [4.78, 5) is 30.3. The number of hydrogen-bond acceptors (Lipinski definition) is 3. The van der Waals surface area contributed by atoms with Crippen molar-refractivity contribution < 1.29 is 19.2 Å². The van der Waals surface area contributed by atoms with Crippen molar-refractivity contribution in [1.29, 1.82) is 0 Å². The minimum atomic E-state index is -0.849. The standard InChI is InChI=1S/C26H39FN4O3/c1-26(2)23(31(34)24(32)28-20-12-5-3-6-13-20)30(21-14-7-4-8-15-21)25(33)29(26)18-17-19-11-9-10-16-22(19)27/h9-11,16,20-21,23,34H,3-8,12-15,17-18H2,1-2H3,(H,28,32)/t23-/m1/s1. The van der Waals surface area contributed by atoms with Crippen LogP contribution in [-0.2, 0) is 6.42 Å². The van der Waals surface area contributed by atoms with Gasteiger partial charge in [0, 0.05) is 18.6 Å². The maximum atomic E-state index is 14.2. The van der Waals surface area contributed by atoms with Gasteiger partial charge in [-0.1, -0.05) is 56.7 Å². The van der Waals surface area contributed by atoms with Crippen molar-refractivity contribution in [3.05, 3.63) is 35.6 Å². The first-order valence-corrected chi connectivity index (χ1v) is 12.9. The Morgan fingerprint density at radius 1 is 1.09 bits per heavy atom. The Bertz CT molecular complexity index is 867. The molecule has 34 heavy (non-hydrogen) atoms. The number of carbonyl (C=O) groups excluding carboxylic acids is 2. The summed E-state index contributed by atoms with van der Waals surface area (Å²) in [5, 5.41) is 14.9. The van der Waals surface area contributed by atoms with Gasteiger partial charge in [-0.3, -0.25) is 10.1 Å². The average Bonchev–Trinajstić information content (AvgIpc) is 3.04. The van der Waals surface area contributed by atoms with E-state index in [9.17, 15) is 19.2 Å². The molecule has 4 amide bonds. The summed E-state index contributed by atoms with van der Waals surface area (Å²) >= 11 is 0. The number of halogens is 1. The molecule has 0 aromatic heterocycles. The second-order valence-corrected chi connectivity index (χ2v) is 10.6. The number of urea groups is 2. The molecule has 1 aromatic rings. The van der Waals surface area contributed by atoms with Crippen LogP contribution in [0, 0.1) is 5.82 Å².